The summed E-state index contributed by atoms with van der Waals surface area (Å²) in [5, 5.41) is 30.7. The third-order valence-corrected chi connectivity index (χ3v) is 6.00. The quantitative estimate of drug-likeness (QED) is 0.788. The van der Waals surface area contributed by atoms with Crippen LogP contribution < -0.4 is 4.90 Å². The molecule has 4 rings (SSSR count). The Morgan fingerprint density at radius 2 is 2.00 bits per heavy atom. The lowest BCUT2D eigenvalue weighted by Gasteiger charge is -2.51. The van der Waals surface area contributed by atoms with Gasteiger partial charge in [0.25, 0.3) is 0 Å². The van der Waals surface area contributed by atoms with E-state index < -0.39 is 17.3 Å². The molecule has 0 aliphatic carbocycles. The largest absolute Gasteiger partial charge is 0.387 e. The molecule has 152 valence electrons. The van der Waals surface area contributed by atoms with Crippen LogP contribution in [0.1, 0.15) is 37.4 Å². The number of hydrogen-bond donors (Lipinski definition) is 2. The first-order valence-corrected chi connectivity index (χ1v) is 9.85. The molecule has 8 nitrogen and oxygen atoms in total. The van der Waals surface area contributed by atoms with Crippen molar-refractivity contribution in [2.75, 3.05) is 24.6 Å². The predicted octanol–water partition coefficient (Wildman–Crippen LogP) is 1.59. The van der Waals surface area contributed by atoms with Crippen molar-refractivity contribution < 1.29 is 14.9 Å². The summed E-state index contributed by atoms with van der Waals surface area (Å²) in [6.07, 6.45) is 2.08. The zero-order chi connectivity index (χ0) is 20.6. The first kappa shape index (κ1) is 19.7. The summed E-state index contributed by atoms with van der Waals surface area (Å²) in [4.78, 5) is 15.4. The number of nitrogens with zero attached hydrogens (tertiary/aromatic N) is 5. The standard InChI is InChI=1S/C21H25N5O3/c1-14-4-3-5-16(24-14)17-23-13-15(12-22)18(25-17)26-9-6-21(7-10-26)19(27)20(2,28)8-11-29-21/h3-5,13,19,27-28H,6-11H2,1-2H3/t19-,20+/m0/s1. The van der Waals surface area contributed by atoms with E-state index in [1.54, 1.807) is 6.92 Å². The van der Waals surface area contributed by atoms with Crippen molar-refractivity contribution in [3.63, 3.8) is 0 Å². The maximum Gasteiger partial charge on any atom is 0.180 e. The van der Waals surface area contributed by atoms with E-state index in [4.69, 9.17) is 4.74 Å². The van der Waals surface area contributed by atoms with Crippen molar-refractivity contribution in [2.45, 2.75) is 50.4 Å². The number of aliphatic hydroxyl groups is 2. The Bertz CT molecular complexity index is 948. The van der Waals surface area contributed by atoms with Gasteiger partial charge in [-0.3, -0.25) is 0 Å². The lowest BCUT2D eigenvalue weighted by atomic mass is 9.75. The van der Waals surface area contributed by atoms with Crippen molar-refractivity contribution in [2.24, 2.45) is 0 Å². The molecule has 0 radical (unpaired) electrons. The van der Waals surface area contributed by atoms with Crippen LogP contribution in [-0.4, -0.2) is 62.2 Å². The average Bonchev–Trinajstić information content (AvgIpc) is 2.72. The number of aliphatic hydroxyl groups excluding tert-OH is 1. The second-order valence-corrected chi connectivity index (χ2v) is 8.12. The molecule has 29 heavy (non-hydrogen) atoms. The monoisotopic (exact) mass is 395 g/mol. The topological polar surface area (TPSA) is 115 Å². The van der Waals surface area contributed by atoms with Gasteiger partial charge in [-0.2, -0.15) is 5.26 Å². The number of piperidine rings is 1. The van der Waals surface area contributed by atoms with Crippen LogP contribution in [0.3, 0.4) is 0 Å². The molecule has 1 spiro atoms. The fourth-order valence-electron chi connectivity index (χ4n) is 4.24. The van der Waals surface area contributed by atoms with Gasteiger partial charge in [-0.15, -0.1) is 0 Å². The van der Waals surface area contributed by atoms with E-state index >= 15 is 0 Å². The van der Waals surface area contributed by atoms with Crippen LogP contribution in [0.4, 0.5) is 5.82 Å². The molecular weight excluding hydrogens is 370 g/mol. The minimum atomic E-state index is -1.16. The summed E-state index contributed by atoms with van der Waals surface area (Å²) in [5.74, 6) is 1.03. The predicted molar refractivity (Wildman–Crippen MR) is 106 cm³/mol. The van der Waals surface area contributed by atoms with Crippen molar-refractivity contribution in [1.29, 1.82) is 5.26 Å². The zero-order valence-corrected chi connectivity index (χ0v) is 16.7. The lowest BCUT2D eigenvalue weighted by molar-refractivity contribution is -0.239. The number of ether oxygens (including phenoxy) is 1. The Morgan fingerprint density at radius 1 is 1.24 bits per heavy atom. The number of rotatable bonds is 2. The molecule has 0 saturated carbocycles. The maximum absolute atomic E-state index is 10.7. The SMILES string of the molecule is Cc1cccc(-c2ncc(C#N)c(N3CCC4(CC3)OCC[C@@](C)(O)[C@@H]4O)n2)n1. The summed E-state index contributed by atoms with van der Waals surface area (Å²) in [7, 11) is 0. The molecule has 8 heteroatoms. The Balaban J connectivity index is 1.60. The number of aryl methyl sites for hydroxylation is 1. The van der Waals surface area contributed by atoms with Crippen molar-refractivity contribution in [1.82, 2.24) is 15.0 Å². The summed E-state index contributed by atoms with van der Waals surface area (Å²) in [5.41, 5.74) is 0.00377. The first-order valence-electron chi connectivity index (χ1n) is 9.85. The van der Waals surface area contributed by atoms with E-state index in [2.05, 4.69) is 21.0 Å². The van der Waals surface area contributed by atoms with Crippen LogP contribution in [-0.2, 0) is 4.74 Å². The van der Waals surface area contributed by atoms with Crippen LogP contribution in [0.15, 0.2) is 24.4 Å². The highest BCUT2D eigenvalue weighted by atomic mass is 16.5. The molecule has 2 saturated heterocycles. The first-order chi connectivity index (χ1) is 13.8. The Hall–Kier alpha value is -2.60. The second kappa shape index (κ2) is 7.34. The van der Waals surface area contributed by atoms with Gasteiger partial charge in [0.15, 0.2) is 11.6 Å². The van der Waals surface area contributed by atoms with E-state index in [-0.39, 0.29) is 0 Å². The molecule has 2 aromatic heterocycles. The Labute approximate surface area is 169 Å². The van der Waals surface area contributed by atoms with Gasteiger partial charge in [0, 0.05) is 25.2 Å². The van der Waals surface area contributed by atoms with Gasteiger partial charge in [0.05, 0.1) is 18.4 Å². The average molecular weight is 395 g/mol. The molecule has 0 unspecified atom stereocenters. The van der Waals surface area contributed by atoms with Gasteiger partial charge in [-0.1, -0.05) is 6.07 Å². The lowest BCUT2D eigenvalue weighted by Crippen LogP contribution is -2.64. The van der Waals surface area contributed by atoms with Crippen LogP contribution in [0.25, 0.3) is 11.5 Å². The molecule has 2 aliphatic rings. The fraction of sp³-hybridized carbons (Fsp3) is 0.524. The molecule has 0 amide bonds. The zero-order valence-electron chi connectivity index (χ0n) is 16.7. The second-order valence-electron chi connectivity index (χ2n) is 8.12. The molecule has 2 aromatic rings. The third kappa shape index (κ3) is 3.57. The molecule has 0 aromatic carbocycles. The van der Waals surface area contributed by atoms with E-state index in [0.29, 0.717) is 61.9 Å². The van der Waals surface area contributed by atoms with Gasteiger partial charge in [-0.05, 0) is 38.8 Å². The number of pyridine rings is 1. The molecular formula is C21H25N5O3. The fourth-order valence-corrected chi connectivity index (χ4v) is 4.24. The van der Waals surface area contributed by atoms with E-state index in [1.807, 2.05) is 30.0 Å². The highest BCUT2D eigenvalue weighted by Gasteiger charge is 2.52. The molecule has 4 heterocycles. The van der Waals surface area contributed by atoms with Crippen LogP contribution in [0.5, 0.6) is 0 Å². The number of nitriles is 1. The number of anilines is 1. The minimum absolute atomic E-state index is 0.398. The highest BCUT2D eigenvalue weighted by molar-refractivity contribution is 5.59. The van der Waals surface area contributed by atoms with Gasteiger partial charge >= 0.3 is 0 Å². The molecule has 2 fully saturated rings. The van der Waals surface area contributed by atoms with Gasteiger partial charge in [0.2, 0.25) is 0 Å². The Morgan fingerprint density at radius 3 is 2.69 bits per heavy atom. The highest BCUT2D eigenvalue weighted by Crippen LogP contribution is 2.40. The molecule has 2 atom stereocenters. The summed E-state index contributed by atoms with van der Waals surface area (Å²) < 4.78 is 5.96. The van der Waals surface area contributed by atoms with Crippen LogP contribution in [0.2, 0.25) is 0 Å². The maximum atomic E-state index is 10.7. The summed E-state index contributed by atoms with van der Waals surface area (Å²) in [6, 6.07) is 7.82. The third-order valence-electron chi connectivity index (χ3n) is 6.00. The Kier molecular flexibility index (Phi) is 4.99. The summed E-state index contributed by atoms with van der Waals surface area (Å²) in [6.45, 7) is 5.10. The van der Waals surface area contributed by atoms with Gasteiger partial charge in [-0.25, -0.2) is 15.0 Å². The number of aromatic nitrogens is 3. The summed E-state index contributed by atoms with van der Waals surface area (Å²) >= 11 is 0. The van der Waals surface area contributed by atoms with E-state index in [1.165, 1.54) is 6.20 Å². The minimum Gasteiger partial charge on any atom is -0.387 e. The smallest absolute Gasteiger partial charge is 0.180 e. The van der Waals surface area contributed by atoms with Crippen molar-refractivity contribution in [3.8, 4) is 17.6 Å². The van der Waals surface area contributed by atoms with E-state index in [0.717, 1.165) is 5.69 Å². The van der Waals surface area contributed by atoms with Gasteiger partial charge in [0.1, 0.15) is 29.0 Å². The molecule has 2 aliphatic heterocycles. The number of hydrogen-bond acceptors (Lipinski definition) is 8. The van der Waals surface area contributed by atoms with E-state index in [9.17, 15) is 15.5 Å². The molecule has 0 bridgehead atoms. The molecule has 2 N–H and O–H groups in total. The van der Waals surface area contributed by atoms with Crippen molar-refractivity contribution in [3.05, 3.63) is 35.7 Å². The normalized spacial score (nSPS) is 26.3. The van der Waals surface area contributed by atoms with Crippen LogP contribution in [0, 0.1) is 18.3 Å². The van der Waals surface area contributed by atoms with Crippen LogP contribution >= 0.6 is 0 Å². The van der Waals surface area contributed by atoms with Crippen molar-refractivity contribution >= 4 is 5.82 Å². The van der Waals surface area contributed by atoms with Gasteiger partial charge < -0.3 is 19.8 Å².